The molecule has 0 bridgehead atoms. The Morgan fingerprint density at radius 3 is 1.55 bits per heavy atom. The summed E-state index contributed by atoms with van der Waals surface area (Å²) in [6, 6.07) is 18.5. The molecule has 0 saturated heterocycles. The first-order valence-electron chi connectivity index (χ1n) is 8.96. The van der Waals surface area contributed by atoms with E-state index in [1.54, 1.807) is 36.4 Å². The molecule has 3 aromatic carbocycles. The van der Waals surface area contributed by atoms with Crippen molar-refractivity contribution in [3.8, 4) is 11.5 Å². The third-order valence-electron chi connectivity index (χ3n) is 4.24. The van der Waals surface area contributed by atoms with Gasteiger partial charge in [0.25, 0.3) is 11.8 Å². The van der Waals surface area contributed by atoms with Crippen LogP contribution in [-0.2, 0) is 9.63 Å². The Balaban J connectivity index is 1.56. The van der Waals surface area contributed by atoms with Crippen LogP contribution in [0.15, 0.2) is 72.8 Å². The van der Waals surface area contributed by atoms with Crippen molar-refractivity contribution in [1.29, 1.82) is 0 Å². The Bertz CT molecular complexity index is 1060. The van der Waals surface area contributed by atoms with Crippen molar-refractivity contribution >= 4 is 41.0 Å². The SMILES string of the molecule is O=C(ON1C(=O)c2ccccc2C1=O)C(Oc1ccc(Cl)cc1)Oc1ccc(Cl)cc1. The summed E-state index contributed by atoms with van der Waals surface area (Å²) in [7, 11) is 0. The molecule has 9 heteroatoms. The maximum atomic E-state index is 12.8. The van der Waals surface area contributed by atoms with Gasteiger partial charge in [-0.05, 0) is 60.7 Å². The first kappa shape index (κ1) is 20.7. The molecule has 31 heavy (non-hydrogen) atoms. The maximum Gasteiger partial charge on any atom is 0.414 e. The smallest absolute Gasteiger partial charge is 0.414 e. The van der Waals surface area contributed by atoms with E-state index in [4.69, 9.17) is 37.5 Å². The number of halogens is 2. The Labute approximate surface area is 186 Å². The number of imide groups is 1. The predicted molar refractivity (Wildman–Crippen MR) is 111 cm³/mol. The van der Waals surface area contributed by atoms with E-state index in [-0.39, 0.29) is 22.6 Å². The summed E-state index contributed by atoms with van der Waals surface area (Å²) in [4.78, 5) is 42.8. The summed E-state index contributed by atoms with van der Waals surface area (Å²) >= 11 is 11.7. The van der Waals surface area contributed by atoms with Crippen LogP contribution in [0, 0.1) is 0 Å². The fourth-order valence-corrected chi connectivity index (χ4v) is 3.03. The van der Waals surface area contributed by atoms with Gasteiger partial charge < -0.3 is 14.3 Å². The van der Waals surface area contributed by atoms with Gasteiger partial charge in [-0.25, -0.2) is 4.79 Å². The van der Waals surface area contributed by atoms with Gasteiger partial charge in [0.15, 0.2) is 0 Å². The number of amides is 2. The molecule has 1 aliphatic heterocycles. The van der Waals surface area contributed by atoms with E-state index in [1.165, 1.54) is 36.4 Å². The lowest BCUT2D eigenvalue weighted by atomic mass is 10.1. The minimum atomic E-state index is -1.63. The van der Waals surface area contributed by atoms with Crippen molar-refractivity contribution < 1.29 is 28.7 Å². The lowest BCUT2D eigenvalue weighted by Gasteiger charge is -2.21. The van der Waals surface area contributed by atoms with Gasteiger partial charge in [-0.1, -0.05) is 40.4 Å². The first-order chi connectivity index (χ1) is 14.9. The molecule has 0 aromatic heterocycles. The largest absolute Gasteiger partial charge is 0.445 e. The molecule has 0 saturated carbocycles. The van der Waals surface area contributed by atoms with E-state index in [9.17, 15) is 14.4 Å². The molecule has 0 N–H and O–H groups in total. The van der Waals surface area contributed by atoms with E-state index >= 15 is 0 Å². The van der Waals surface area contributed by atoms with E-state index in [0.717, 1.165) is 0 Å². The van der Waals surface area contributed by atoms with Gasteiger partial charge in [-0.2, -0.15) is 0 Å². The first-order valence-corrected chi connectivity index (χ1v) is 9.72. The predicted octanol–water partition coefficient (Wildman–Crippen LogP) is 4.53. The molecular weight excluding hydrogens is 445 g/mol. The molecule has 0 spiro atoms. The van der Waals surface area contributed by atoms with Gasteiger partial charge in [-0.15, -0.1) is 0 Å². The molecule has 1 aliphatic rings. The highest BCUT2D eigenvalue weighted by molar-refractivity contribution is 6.30. The number of carbonyl (C=O) groups is 3. The zero-order chi connectivity index (χ0) is 22.0. The lowest BCUT2D eigenvalue weighted by Crippen LogP contribution is -2.41. The van der Waals surface area contributed by atoms with Crippen molar-refractivity contribution in [1.82, 2.24) is 5.06 Å². The van der Waals surface area contributed by atoms with E-state index in [1.807, 2.05) is 0 Å². The molecule has 3 aromatic rings. The van der Waals surface area contributed by atoms with Gasteiger partial charge in [0, 0.05) is 10.0 Å². The number of hydrogen-bond acceptors (Lipinski definition) is 6. The molecule has 4 rings (SSSR count). The Hall–Kier alpha value is -3.55. The fraction of sp³-hybridized carbons (Fsp3) is 0.0455. The van der Waals surface area contributed by atoms with Gasteiger partial charge >= 0.3 is 12.3 Å². The highest BCUT2D eigenvalue weighted by Crippen LogP contribution is 2.25. The van der Waals surface area contributed by atoms with Crippen molar-refractivity contribution in [2.24, 2.45) is 0 Å². The number of nitrogens with zero attached hydrogens (tertiary/aromatic N) is 1. The summed E-state index contributed by atoms with van der Waals surface area (Å²) in [5, 5.41) is 1.32. The van der Waals surface area contributed by atoms with E-state index in [0.29, 0.717) is 15.1 Å². The molecule has 2 amide bonds. The van der Waals surface area contributed by atoms with Crippen LogP contribution in [-0.4, -0.2) is 29.1 Å². The zero-order valence-electron chi connectivity index (χ0n) is 15.7. The van der Waals surface area contributed by atoms with Crippen LogP contribution in [0.5, 0.6) is 11.5 Å². The van der Waals surface area contributed by atoms with Crippen LogP contribution in [0.3, 0.4) is 0 Å². The number of hydroxylamine groups is 2. The second kappa shape index (κ2) is 8.67. The molecule has 0 unspecified atom stereocenters. The summed E-state index contributed by atoms with van der Waals surface area (Å²) in [5.74, 6) is -2.12. The number of hydrogen-bond donors (Lipinski definition) is 0. The normalized spacial score (nSPS) is 12.7. The number of fused-ring (bicyclic) bond motifs is 1. The Morgan fingerprint density at radius 1 is 0.710 bits per heavy atom. The van der Waals surface area contributed by atoms with E-state index in [2.05, 4.69) is 0 Å². The zero-order valence-corrected chi connectivity index (χ0v) is 17.2. The number of benzene rings is 3. The minimum Gasteiger partial charge on any atom is -0.445 e. The molecule has 0 aliphatic carbocycles. The standard InChI is InChI=1S/C22H13Cl2NO6/c23-13-5-9-15(10-6-13)29-22(30-16-11-7-14(24)8-12-16)21(28)31-25-19(26)17-3-1-2-4-18(17)20(25)27/h1-12,22H. The lowest BCUT2D eigenvalue weighted by molar-refractivity contribution is -0.189. The number of carbonyl (C=O) groups excluding carboxylic acids is 3. The van der Waals surface area contributed by atoms with Crippen molar-refractivity contribution in [2.75, 3.05) is 0 Å². The molecule has 1 heterocycles. The molecular formula is C22H13Cl2NO6. The monoisotopic (exact) mass is 457 g/mol. The van der Waals surface area contributed by atoms with Crippen LogP contribution < -0.4 is 9.47 Å². The van der Waals surface area contributed by atoms with E-state index < -0.39 is 24.1 Å². The fourth-order valence-electron chi connectivity index (χ4n) is 2.78. The van der Waals surface area contributed by atoms with Gasteiger partial charge in [-0.3, -0.25) is 9.59 Å². The average Bonchev–Trinajstić information content (AvgIpc) is 3.01. The highest BCUT2D eigenvalue weighted by atomic mass is 35.5. The highest BCUT2D eigenvalue weighted by Gasteiger charge is 2.40. The number of ether oxygens (including phenoxy) is 2. The number of rotatable bonds is 6. The Kier molecular flexibility index (Phi) is 5.79. The van der Waals surface area contributed by atoms with Crippen LogP contribution in [0.2, 0.25) is 10.0 Å². The topological polar surface area (TPSA) is 82.1 Å². The molecule has 0 radical (unpaired) electrons. The summed E-state index contributed by atoms with van der Waals surface area (Å²) in [6.07, 6.45) is -1.63. The van der Waals surface area contributed by atoms with Gasteiger partial charge in [0.05, 0.1) is 11.1 Å². The van der Waals surface area contributed by atoms with Crippen molar-refractivity contribution in [3.05, 3.63) is 94.0 Å². The second-order valence-electron chi connectivity index (χ2n) is 6.34. The third kappa shape index (κ3) is 4.47. The maximum absolute atomic E-state index is 12.8. The summed E-state index contributed by atoms with van der Waals surface area (Å²) in [5.41, 5.74) is 0.267. The molecule has 7 nitrogen and oxygen atoms in total. The quantitative estimate of drug-likeness (QED) is 0.399. The van der Waals surface area contributed by atoms with Crippen LogP contribution in [0.4, 0.5) is 0 Å². The van der Waals surface area contributed by atoms with Crippen molar-refractivity contribution in [2.45, 2.75) is 6.29 Å². The minimum absolute atomic E-state index is 0.133. The van der Waals surface area contributed by atoms with Gasteiger partial charge in [0.1, 0.15) is 11.5 Å². The second-order valence-corrected chi connectivity index (χ2v) is 7.21. The van der Waals surface area contributed by atoms with Crippen molar-refractivity contribution in [3.63, 3.8) is 0 Å². The molecule has 0 fully saturated rings. The van der Waals surface area contributed by atoms with Crippen LogP contribution >= 0.6 is 23.2 Å². The average molecular weight is 458 g/mol. The Morgan fingerprint density at radius 2 is 1.13 bits per heavy atom. The van der Waals surface area contributed by atoms with Crippen LogP contribution in [0.25, 0.3) is 0 Å². The summed E-state index contributed by atoms with van der Waals surface area (Å²) < 4.78 is 11.2. The van der Waals surface area contributed by atoms with Crippen LogP contribution in [0.1, 0.15) is 20.7 Å². The summed E-state index contributed by atoms with van der Waals surface area (Å²) in [6.45, 7) is 0. The van der Waals surface area contributed by atoms with Gasteiger partial charge in [0.2, 0.25) is 0 Å². The third-order valence-corrected chi connectivity index (χ3v) is 4.75. The molecule has 156 valence electrons. The molecule has 0 atom stereocenters.